The molecule has 150 valence electrons. The molecule has 3 heterocycles. The number of nitrogens with one attached hydrogen (secondary N) is 2. The van der Waals surface area contributed by atoms with E-state index in [0.717, 1.165) is 47.0 Å². The lowest BCUT2D eigenvalue weighted by Crippen LogP contribution is -2.23. The molecular weight excluding hydrogens is 366 g/mol. The number of methoxy groups -OCH3 is 1. The van der Waals surface area contributed by atoms with E-state index in [0.29, 0.717) is 12.5 Å². The van der Waals surface area contributed by atoms with Crippen LogP contribution in [0.25, 0.3) is 11.1 Å². The quantitative estimate of drug-likeness (QED) is 0.632. The second-order valence-electron chi connectivity index (χ2n) is 6.80. The SMILES string of the molecule is C=C1C(Nc2cccc(OCC)c2)CCN1c1ccc(-c2cn[nH]c2)c(OC)n1. The molecule has 1 atom stereocenters. The minimum absolute atomic E-state index is 0.133. The van der Waals surface area contributed by atoms with Crippen molar-refractivity contribution in [1.29, 1.82) is 0 Å². The molecule has 0 spiro atoms. The van der Waals surface area contributed by atoms with Gasteiger partial charge in [0.25, 0.3) is 0 Å². The van der Waals surface area contributed by atoms with Crippen LogP contribution < -0.4 is 19.7 Å². The molecule has 2 aromatic heterocycles. The van der Waals surface area contributed by atoms with Crippen molar-refractivity contribution in [1.82, 2.24) is 15.2 Å². The molecule has 0 bridgehead atoms. The standard InChI is InChI=1S/C22H25N5O2/c1-4-29-18-7-5-6-17(12-18)25-20-10-11-27(15(20)2)21-9-8-19(22(26-21)28-3)16-13-23-24-14-16/h5-9,12-14,20,25H,2,4,10-11H2,1,3H3,(H,23,24). The number of ether oxygens (including phenoxy) is 2. The number of benzene rings is 1. The highest BCUT2D eigenvalue weighted by molar-refractivity contribution is 5.70. The van der Waals surface area contributed by atoms with Crippen molar-refractivity contribution in [2.75, 3.05) is 30.5 Å². The van der Waals surface area contributed by atoms with E-state index >= 15 is 0 Å². The summed E-state index contributed by atoms with van der Waals surface area (Å²) in [5.41, 5.74) is 3.84. The van der Waals surface area contributed by atoms with E-state index in [4.69, 9.17) is 14.5 Å². The summed E-state index contributed by atoms with van der Waals surface area (Å²) in [6.07, 6.45) is 4.51. The average molecular weight is 391 g/mol. The highest BCUT2D eigenvalue weighted by atomic mass is 16.5. The van der Waals surface area contributed by atoms with Crippen LogP contribution in [0.5, 0.6) is 11.6 Å². The van der Waals surface area contributed by atoms with Gasteiger partial charge >= 0.3 is 0 Å². The lowest BCUT2D eigenvalue weighted by atomic mass is 10.1. The largest absolute Gasteiger partial charge is 0.494 e. The molecule has 1 aliphatic rings. The Labute approximate surface area is 170 Å². The maximum Gasteiger partial charge on any atom is 0.223 e. The molecule has 3 aromatic rings. The third-order valence-corrected chi connectivity index (χ3v) is 5.00. The van der Waals surface area contributed by atoms with Gasteiger partial charge in [0, 0.05) is 41.3 Å². The van der Waals surface area contributed by atoms with E-state index in [9.17, 15) is 0 Å². The van der Waals surface area contributed by atoms with Crippen LogP contribution in [-0.2, 0) is 0 Å². The van der Waals surface area contributed by atoms with Gasteiger partial charge in [-0.15, -0.1) is 0 Å². The molecule has 1 aliphatic heterocycles. The number of aromatic amines is 1. The van der Waals surface area contributed by atoms with Crippen LogP contribution in [-0.4, -0.2) is 41.5 Å². The molecule has 29 heavy (non-hydrogen) atoms. The molecule has 2 N–H and O–H groups in total. The summed E-state index contributed by atoms with van der Waals surface area (Å²) in [6.45, 7) is 7.78. The summed E-state index contributed by atoms with van der Waals surface area (Å²) in [5, 5.41) is 10.4. The third kappa shape index (κ3) is 3.89. The van der Waals surface area contributed by atoms with Crippen molar-refractivity contribution in [3.63, 3.8) is 0 Å². The van der Waals surface area contributed by atoms with E-state index in [-0.39, 0.29) is 6.04 Å². The molecule has 0 radical (unpaired) electrons. The number of anilines is 2. The van der Waals surface area contributed by atoms with E-state index in [1.807, 2.05) is 49.5 Å². The van der Waals surface area contributed by atoms with Crippen LogP contribution in [0, 0.1) is 0 Å². The Kier molecular flexibility index (Phi) is 5.37. The first-order chi connectivity index (χ1) is 14.2. The predicted octanol–water partition coefficient (Wildman–Crippen LogP) is 4.08. The van der Waals surface area contributed by atoms with Crippen LogP contribution in [0.2, 0.25) is 0 Å². The molecular formula is C22H25N5O2. The number of H-pyrrole nitrogens is 1. The topological polar surface area (TPSA) is 75.3 Å². The molecule has 1 aromatic carbocycles. The predicted molar refractivity (Wildman–Crippen MR) is 114 cm³/mol. The number of hydrogen-bond acceptors (Lipinski definition) is 6. The number of pyridine rings is 1. The van der Waals surface area contributed by atoms with Crippen LogP contribution >= 0.6 is 0 Å². The number of aromatic nitrogens is 3. The minimum atomic E-state index is 0.133. The third-order valence-electron chi connectivity index (χ3n) is 5.00. The number of nitrogens with zero attached hydrogens (tertiary/aromatic N) is 3. The van der Waals surface area contributed by atoms with E-state index < -0.39 is 0 Å². The highest BCUT2D eigenvalue weighted by Gasteiger charge is 2.28. The van der Waals surface area contributed by atoms with Crippen LogP contribution in [0.1, 0.15) is 13.3 Å². The molecule has 1 fully saturated rings. The normalized spacial score (nSPS) is 16.1. The summed E-state index contributed by atoms with van der Waals surface area (Å²) in [5.74, 6) is 2.25. The van der Waals surface area contributed by atoms with E-state index in [1.165, 1.54) is 0 Å². The zero-order chi connectivity index (χ0) is 20.2. The van der Waals surface area contributed by atoms with Gasteiger partial charge in [-0.25, -0.2) is 0 Å². The van der Waals surface area contributed by atoms with Crippen molar-refractivity contribution in [2.45, 2.75) is 19.4 Å². The molecule has 0 aliphatic carbocycles. The van der Waals surface area contributed by atoms with Gasteiger partial charge in [-0.05, 0) is 37.6 Å². The highest BCUT2D eigenvalue weighted by Crippen LogP contribution is 2.34. The summed E-state index contributed by atoms with van der Waals surface area (Å²) >= 11 is 0. The Balaban J connectivity index is 1.51. The molecule has 1 unspecified atom stereocenters. The summed E-state index contributed by atoms with van der Waals surface area (Å²) in [6, 6.07) is 12.1. The van der Waals surface area contributed by atoms with Crippen molar-refractivity contribution in [2.24, 2.45) is 0 Å². The zero-order valence-corrected chi connectivity index (χ0v) is 16.7. The van der Waals surface area contributed by atoms with Crippen LogP contribution in [0.4, 0.5) is 11.5 Å². The summed E-state index contributed by atoms with van der Waals surface area (Å²) < 4.78 is 11.1. The van der Waals surface area contributed by atoms with E-state index in [2.05, 4.69) is 27.0 Å². The van der Waals surface area contributed by atoms with Gasteiger partial charge < -0.3 is 19.7 Å². The van der Waals surface area contributed by atoms with Gasteiger partial charge in [-0.1, -0.05) is 12.6 Å². The Morgan fingerprint density at radius 1 is 1.31 bits per heavy atom. The average Bonchev–Trinajstić information content (AvgIpc) is 3.39. The maximum atomic E-state index is 5.59. The second-order valence-corrected chi connectivity index (χ2v) is 6.80. The van der Waals surface area contributed by atoms with E-state index in [1.54, 1.807) is 13.3 Å². The van der Waals surface area contributed by atoms with Crippen molar-refractivity contribution < 1.29 is 9.47 Å². The molecule has 7 heteroatoms. The number of rotatable bonds is 7. The molecule has 1 saturated heterocycles. The van der Waals surface area contributed by atoms with Gasteiger partial charge in [0.2, 0.25) is 5.88 Å². The summed E-state index contributed by atoms with van der Waals surface area (Å²) in [4.78, 5) is 6.84. The Morgan fingerprint density at radius 2 is 2.21 bits per heavy atom. The summed E-state index contributed by atoms with van der Waals surface area (Å²) in [7, 11) is 1.63. The fourth-order valence-corrected chi connectivity index (χ4v) is 3.57. The lowest BCUT2D eigenvalue weighted by molar-refractivity contribution is 0.340. The zero-order valence-electron chi connectivity index (χ0n) is 16.7. The second kappa shape index (κ2) is 8.26. The van der Waals surface area contributed by atoms with Gasteiger partial charge in [0.05, 0.1) is 26.0 Å². The van der Waals surface area contributed by atoms with Crippen LogP contribution in [0.3, 0.4) is 0 Å². The monoisotopic (exact) mass is 391 g/mol. The van der Waals surface area contributed by atoms with Gasteiger partial charge in [-0.2, -0.15) is 10.1 Å². The van der Waals surface area contributed by atoms with Gasteiger partial charge in [0.1, 0.15) is 11.6 Å². The van der Waals surface area contributed by atoms with Gasteiger partial charge in [0.15, 0.2) is 0 Å². The Morgan fingerprint density at radius 3 is 2.97 bits per heavy atom. The first kappa shape index (κ1) is 18.9. The lowest BCUT2D eigenvalue weighted by Gasteiger charge is -2.22. The molecule has 0 amide bonds. The number of hydrogen-bond donors (Lipinski definition) is 2. The van der Waals surface area contributed by atoms with Gasteiger partial charge in [-0.3, -0.25) is 5.10 Å². The van der Waals surface area contributed by atoms with Crippen molar-refractivity contribution in [3.05, 3.63) is 61.1 Å². The Hall–Kier alpha value is -3.48. The fraction of sp³-hybridized carbons (Fsp3) is 0.273. The van der Waals surface area contributed by atoms with Crippen molar-refractivity contribution in [3.8, 4) is 22.8 Å². The van der Waals surface area contributed by atoms with Crippen molar-refractivity contribution >= 4 is 11.5 Å². The molecule has 4 rings (SSSR count). The molecule has 0 saturated carbocycles. The minimum Gasteiger partial charge on any atom is -0.494 e. The smallest absolute Gasteiger partial charge is 0.223 e. The first-order valence-corrected chi connectivity index (χ1v) is 9.69. The van der Waals surface area contributed by atoms with Crippen LogP contribution in [0.15, 0.2) is 61.1 Å². The Bertz CT molecular complexity index is 987. The first-order valence-electron chi connectivity index (χ1n) is 9.69. The maximum absolute atomic E-state index is 5.59. The fourth-order valence-electron chi connectivity index (χ4n) is 3.57. The molecule has 7 nitrogen and oxygen atoms in total.